The van der Waals surface area contributed by atoms with Gasteiger partial charge < -0.3 is 10.6 Å². The highest BCUT2D eigenvalue weighted by molar-refractivity contribution is 9.10. The van der Waals surface area contributed by atoms with Gasteiger partial charge in [-0.05, 0) is 55.2 Å². The molecule has 3 nitrogen and oxygen atoms in total. The second-order valence-electron chi connectivity index (χ2n) is 7.02. The predicted molar refractivity (Wildman–Crippen MR) is 92.1 cm³/mol. The van der Waals surface area contributed by atoms with Crippen LogP contribution in [0.2, 0.25) is 0 Å². The SMILES string of the molecule is CN(Cc1cccc(Br)c1)C(=O)C1CC2CCCC(C1)C2N. The van der Waals surface area contributed by atoms with E-state index >= 15 is 0 Å². The van der Waals surface area contributed by atoms with Crippen LogP contribution < -0.4 is 5.73 Å². The normalized spacial score (nSPS) is 30.9. The van der Waals surface area contributed by atoms with Gasteiger partial charge in [-0.15, -0.1) is 0 Å². The van der Waals surface area contributed by atoms with Gasteiger partial charge in [-0.3, -0.25) is 4.79 Å². The lowest BCUT2D eigenvalue weighted by molar-refractivity contribution is -0.137. The summed E-state index contributed by atoms with van der Waals surface area (Å²) in [5, 5.41) is 0. The van der Waals surface area contributed by atoms with Crippen molar-refractivity contribution in [1.82, 2.24) is 4.90 Å². The molecule has 0 saturated heterocycles. The molecule has 2 aliphatic carbocycles. The fourth-order valence-corrected chi connectivity index (χ4v) is 4.74. The Bertz CT molecular complexity index is 534. The lowest BCUT2D eigenvalue weighted by Crippen LogP contribution is -2.49. The number of carbonyl (C=O) groups is 1. The second-order valence-corrected chi connectivity index (χ2v) is 7.94. The maximum absolute atomic E-state index is 12.8. The van der Waals surface area contributed by atoms with Crippen molar-refractivity contribution in [3.8, 4) is 0 Å². The first-order chi connectivity index (χ1) is 10.5. The molecule has 22 heavy (non-hydrogen) atoms. The van der Waals surface area contributed by atoms with Gasteiger partial charge in [0.25, 0.3) is 0 Å². The summed E-state index contributed by atoms with van der Waals surface area (Å²) in [6, 6.07) is 8.50. The van der Waals surface area contributed by atoms with E-state index in [0.717, 1.165) is 22.9 Å². The zero-order valence-electron chi connectivity index (χ0n) is 13.2. The summed E-state index contributed by atoms with van der Waals surface area (Å²) in [6.45, 7) is 0.677. The molecule has 0 aromatic heterocycles. The van der Waals surface area contributed by atoms with E-state index in [0.29, 0.717) is 30.3 Å². The molecule has 120 valence electrons. The molecule has 2 saturated carbocycles. The number of hydrogen-bond acceptors (Lipinski definition) is 2. The minimum Gasteiger partial charge on any atom is -0.341 e. The van der Waals surface area contributed by atoms with Gasteiger partial charge in [0, 0.05) is 30.0 Å². The Morgan fingerprint density at radius 1 is 1.32 bits per heavy atom. The summed E-state index contributed by atoms with van der Waals surface area (Å²) < 4.78 is 1.06. The van der Waals surface area contributed by atoms with Crippen LogP contribution in [0.15, 0.2) is 28.7 Å². The molecule has 2 bridgehead atoms. The van der Waals surface area contributed by atoms with Gasteiger partial charge >= 0.3 is 0 Å². The third-order valence-electron chi connectivity index (χ3n) is 5.45. The van der Waals surface area contributed by atoms with Crippen molar-refractivity contribution in [2.45, 2.75) is 44.7 Å². The molecule has 2 N–H and O–H groups in total. The first-order valence-electron chi connectivity index (χ1n) is 8.29. The summed E-state index contributed by atoms with van der Waals surface area (Å²) >= 11 is 3.49. The van der Waals surface area contributed by atoms with Crippen LogP contribution in [0, 0.1) is 17.8 Å². The molecule has 2 atom stereocenters. The molecule has 1 aromatic rings. The van der Waals surface area contributed by atoms with Crippen LogP contribution in [0.5, 0.6) is 0 Å². The highest BCUT2D eigenvalue weighted by atomic mass is 79.9. The third kappa shape index (κ3) is 3.38. The van der Waals surface area contributed by atoms with Crippen molar-refractivity contribution in [2.75, 3.05) is 7.05 Å². The van der Waals surface area contributed by atoms with E-state index < -0.39 is 0 Å². The van der Waals surface area contributed by atoms with Gasteiger partial charge in [0.15, 0.2) is 0 Å². The van der Waals surface area contributed by atoms with E-state index in [1.54, 1.807) is 0 Å². The maximum atomic E-state index is 12.8. The van der Waals surface area contributed by atoms with Crippen LogP contribution in [0.4, 0.5) is 0 Å². The van der Waals surface area contributed by atoms with Gasteiger partial charge in [-0.2, -0.15) is 0 Å². The fourth-order valence-electron chi connectivity index (χ4n) is 4.29. The average Bonchev–Trinajstić information content (AvgIpc) is 2.46. The molecule has 1 amide bonds. The van der Waals surface area contributed by atoms with Crippen LogP contribution in [0.25, 0.3) is 0 Å². The summed E-state index contributed by atoms with van der Waals surface area (Å²) in [4.78, 5) is 14.7. The monoisotopic (exact) mass is 364 g/mol. The number of amides is 1. The van der Waals surface area contributed by atoms with E-state index in [2.05, 4.69) is 28.1 Å². The number of carbonyl (C=O) groups excluding carboxylic acids is 1. The summed E-state index contributed by atoms with van der Waals surface area (Å²) in [5.74, 6) is 1.58. The third-order valence-corrected chi connectivity index (χ3v) is 5.94. The van der Waals surface area contributed by atoms with E-state index in [1.165, 1.54) is 19.3 Å². The zero-order valence-corrected chi connectivity index (χ0v) is 14.8. The molecule has 4 heteroatoms. The summed E-state index contributed by atoms with van der Waals surface area (Å²) in [5.41, 5.74) is 7.50. The fraction of sp³-hybridized carbons (Fsp3) is 0.611. The first kappa shape index (κ1) is 16.0. The van der Waals surface area contributed by atoms with Crippen molar-refractivity contribution in [2.24, 2.45) is 23.5 Å². The maximum Gasteiger partial charge on any atom is 0.225 e. The highest BCUT2D eigenvalue weighted by Gasteiger charge is 2.41. The number of benzene rings is 1. The van der Waals surface area contributed by atoms with Gasteiger partial charge in [0.1, 0.15) is 0 Å². The lowest BCUT2D eigenvalue weighted by Gasteiger charge is -2.44. The molecule has 3 rings (SSSR count). The quantitative estimate of drug-likeness (QED) is 0.890. The van der Waals surface area contributed by atoms with Crippen LogP contribution in [-0.4, -0.2) is 23.9 Å². The Kier molecular flexibility index (Phi) is 4.88. The number of nitrogens with two attached hydrogens (primary N) is 1. The van der Waals surface area contributed by atoms with Crippen LogP contribution in [-0.2, 0) is 11.3 Å². The predicted octanol–water partition coefficient (Wildman–Crippen LogP) is 3.56. The first-order valence-corrected chi connectivity index (χ1v) is 9.09. The number of rotatable bonds is 3. The average molecular weight is 365 g/mol. The van der Waals surface area contributed by atoms with E-state index in [9.17, 15) is 4.79 Å². The Balaban J connectivity index is 1.63. The number of halogens is 1. The van der Waals surface area contributed by atoms with E-state index in [-0.39, 0.29) is 5.92 Å². The minimum atomic E-state index is 0.173. The molecule has 2 aliphatic rings. The molecule has 0 heterocycles. The summed E-state index contributed by atoms with van der Waals surface area (Å²) in [6.07, 6.45) is 5.67. The van der Waals surface area contributed by atoms with Crippen molar-refractivity contribution < 1.29 is 4.79 Å². The lowest BCUT2D eigenvalue weighted by atomic mass is 9.65. The van der Waals surface area contributed by atoms with E-state index in [1.807, 2.05) is 24.1 Å². The molecule has 0 aliphatic heterocycles. The number of fused-ring (bicyclic) bond motifs is 2. The number of hydrogen-bond donors (Lipinski definition) is 1. The van der Waals surface area contributed by atoms with Gasteiger partial charge in [0.2, 0.25) is 5.91 Å². The van der Waals surface area contributed by atoms with E-state index in [4.69, 9.17) is 5.73 Å². The van der Waals surface area contributed by atoms with Crippen molar-refractivity contribution in [3.63, 3.8) is 0 Å². The molecule has 0 radical (unpaired) electrons. The van der Waals surface area contributed by atoms with Crippen LogP contribution >= 0.6 is 15.9 Å². The Hall–Kier alpha value is -0.870. The smallest absolute Gasteiger partial charge is 0.225 e. The van der Waals surface area contributed by atoms with Crippen LogP contribution in [0.1, 0.15) is 37.7 Å². The molecule has 1 aromatic carbocycles. The summed E-state index contributed by atoms with van der Waals surface area (Å²) in [7, 11) is 1.92. The molecular formula is C18H25BrN2O. The highest BCUT2D eigenvalue weighted by Crippen LogP contribution is 2.42. The largest absolute Gasteiger partial charge is 0.341 e. The molecule has 2 unspecified atom stereocenters. The Morgan fingerprint density at radius 3 is 2.64 bits per heavy atom. The van der Waals surface area contributed by atoms with Gasteiger partial charge in [-0.1, -0.05) is 34.5 Å². The second kappa shape index (κ2) is 6.71. The number of nitrogens with zero attached hydrogens (tertiary/aromatic N) is 1. The van der Waals surface area contributed by atoms with Gasteiger partial charge in [-0.25, -0.2) is 0 Å². The Labute approximate surface area is 141 Å². The minimum absolute atomic E-state index is 0.173. The standard InChI is InChI=1S/C18H25BrN2O/c1-21(11-12-4-2-7-16(19)8-12)18(22)15-9-13-5-3-6-14(10-15)17(13)20/h2,4,7-8,13-15,17H,3,5-6,9-11,20H2,1H3. The molecular weight excluding hydrogens is 340 g/mol. The topological polar surface area (TPSA) is 46.3 Å². The zero-order chi connectivity index (χ0) is 15.7. The molecule has 0 spiro atoms. The van der Waals surface area contributed by atoms with Gasteiger partial charge in [0.05, 0.1) is 0 Å². The van der Waals surface area contributed by atoms with Crippen molar-refractivity contribution >= 4 is 21.8 Å². The Morgan fingerprint density at radius 2 is 2.00 bits per heavy atom. The van der Waals surface area contributed by atoms with Crippen LogP contribution in [0.3, 0.4) is 0 Å². The molecule has 2 fully saturated rings. The van der Waals surface area contributed by atoms with Crippen molar-refractivity contribution in [1.29, 1.82) is 0 Å². The van der Waals surface area contributed by atoms with Crippen molar-refractivity contribution in [3.05, 3.63) is 34.3 Å².